The van der Waals surface area contributed by atoms with E-state index in [1.54, 1.807) is 28.7 Å². The summed E-state index contributed by atoms with van der Waals surface area (Å²) >= 11 is 1.65. The van der Waals surface area contributed by atoms with Gasteiger partial charge in [0.1, 0.15) is 24.3 Å². The molecule has 0 aromatic carbocycles. The Labute approximate surface area is 114 Å². The normalized spacial score (nSPS) is 12.7. The minimum Gasteiger partial charge on any atom is -0.364 e. The lowest BCUT2D eigenvalue weighted by Gasteiger charge is -2.15. The molecule has 0 aliphatic carbocycles. The molecule has 0 fully saturated rings. The van der Waals surface area contributed by atoms with E-state index < -0.39 is 0 Å². The van der Waals surface area contributed by atoms with Crippen LogP contribution in [0.3, 0.4) is 0 Å². The molecule has 0 radical (unpaired) electrons. The maximum absolute atomic E-state index is 4.49. The summed E-state index contributed by atoms with van der Waals surface area (Å²) in [6.45, 7) is 4.75. The van der Waals surface area contributed by atoms with E-state index in [0.717, 1.165) is 28.4 Å². The molecular formula is C12H14N6S. The van der Waals surface area contributed by atoms with Crippen LogP contribution in [0.5, 0.6) is 0 Å². The van der Waals surface area contributed by atoms with E-state index in [9.17, 15) is 0 Å². The molecule has 0 saturated carbocycles. The molecule has 7 heteroatoms. The number of anilines is 1. The lowest BCUT2D eigenvalue weighted by Crippen LogP contribution is -2.23. The first-order valence-electron chi connectivity index (χ1n) is 6.03. The molecule has 3 aromatic heterocycles. The zero-order valence-corrected chi connectivity index (χ0v) is 11.6. The van der Waals surface area contributed by atoms with Crippen molar-refractivity contribution in [2.24, 2.45) is 0 Å². The molecule has 3 rings (SSSR count). The van der Waals surface area contributed by atoms with Gasteiger partial charge in [-0.15, -0.1) is 11.3 Å². The summed E-state index contributed by atoms with van der Waals surface area (Å²) in [6.07, 6.45) is 3.25. The van der Waals surface area contributed by atoms with Gasteiger partial charge in [-0.25, -0.2) is 15.0 Å². The van der Waals surface area contributed by atoms with E-state index in [-0.39, 0.29) is 6.04 Å². The molecule has 98 valence electrons. The van der Waals surface area contributed by atoms with Crippen LogP contribution in [0, 0.1) is 6.92 Å². The summed E-state index contributed by atoms with van der Waals surface area (Å²) in [7, 11) is 0. The maximum Gasteiger partial charge on any atom is 0.148 e. The quantitative estimate of drug-likeness (QED) is 0.789. The molecule has 6 nitrogen and oxygen atoms in total. The van der Waals surface area contributed by atoms with Crippen molar-refractivity contribution in [2.45, 2.75) is 26.4 Å². The van der Waals surface area contributed by atoms with Crippen LogP contribution in [-0.2, 0) is 6.54 Å². The van der Waals surface area contributed by atoms with Crippen molar-refractivity contribution in [2.75, 3.05) is 5.32 Å². The van der Waals surface area contributed by atoms with Crippen molar-refractivity contribution in [1.82, 2.24) is 24.7 Å². The van der Waals surface area contributed by atoms with E-state index in [1.165, 1.54) is 0 Å². The maximum atomic E-state index is 4.49. The molecule has 0 spiro atoms. The zero-order valence-electron chi connectivity index (χ0n) is 10.7. The van der Waals surface area contributed by atoms with Gasteiger partial charge in [0.15, 0.2) is 0 Å². The van der Waals surface area contributed by atoms with Gasteiger partial charge in [0.2, 0.25) is 0 Å². The van der Waals surface area contributed by atoms with Gasteiger partial charge in [-0.1, -0.05) is 0 Å². The van der Waals surface area contributed by atoms with E-state index in [0.29, 0.717) is 0 Å². The van der Waals surface area contributed by atoms with Gasteiger partial charge < -0.3 is 5.32 Å². The molecule has 19 heavy (non-hydrogen) atoms. The van der Waals surface area contributed by atoms with Crippen LogP contribution in [0.2, 0.25) is 0 Å². The molecular weight excluding hydrogens is 260 g/mol. The number of aromatic nitrogens is 5. The highest BCUT2D eigenvalue weighted by Gasteiger charge is 2.10. The van der Waals surface area contributed by atoms with Crippen LogP contribution in [0.25, 0.3) is 10.2 Å². The average Bonchev–Trinajstić information content (AvgIpc) is 2.99. The Morgan fingerprint density at radius 2 is 2.32 bits per heavy atom. The predicted molar refractivity (Wildman–Crippen MR) is 75.3 cm³/mol. The van der Waals surface area contributed by atoms with Crippen molar-refractivity contribution in [3.63, 3.8) is 0 Å². The lowest BCUT2D eigenvalue weighted by molar-refractivity contribution is 0.558. The van der Waals surface area contributed by atoms with Gasteiger partial charge in [0.25, 0.3) is 0 Å². The summed E-state index contributed by atoms with van der Waals surface area (Å²) in [5, 5.41) is 9.56. The van der Waals surface area contributed by atoms with Crippen LogP contribution in [0.4, 0.5) is 5.82 Å². The number of nitrogens with zero attached hydrogens (tertiary/aromatic N) is 5. The summed E-state index contributed by atoms with van der Waals surface area (Å²) in [6, 6.07) is 2.23. The Balaban J connectivity index is 1.82. The Morgan fingerprint density at radius 3 is 3.11 bits per heavy atom. The molecule has 3 aromatic rings. The minimum atomic E-state index is 0.210. The number of hydrogen-bond acceptors (Lipinski definition) is 6. The Kier molecular flexibility index (Phi) is 3.12. The Morgan fingerprint density at radius 1 is 1.42 bits per heavy atom. The molecule has 0 bridgehead atoms. The summed E-state index contributed by atoms with van der Waals surface area (Å²) < 4.78 is 2.90. The molecule has 1 atom stereocenters. The van der Waals surface area contributed by atoms with E-state index in [4.69, 9.17) is 0 Å². The van der Waals surface area contributed by atoms with Gasteiger partial charge in [-0.05, 0) is 25.3 Å². The topological polar surface area (TPSA) is 68.5 Å². The molecule has 0 aliphatic heterocycles. The van der Waals surface area contributed by atoms with Crippen molar-refractivity contribution < 1.29 is 0 Å². The second-order valence-corrected chi connectivity index (χ2v) is 5.33. The molecule has 0 unspecified atom stereocenters. The fourth-order valence-corrected chi connectivity index (χ4v) is 2.75. The zero-order chi connectivity index (χ0) is 13.2. The first-order valence-corrected chi connectivity index (χ1v) is 6.91. The molecule has 3 heterocycles. The highest BCUT2D eigenvalue weighted by atomic mass is 32.1. The highest BCUT2D eigenvalue weighted by molar-refractivity contribution is 7.17. The third-order valence-corrected chi connectivity index (χ3v) is 3.64. The van der Waals surface area contributed by atoms with Crippen LogP contribution >= 0.6 is 11.3 Å². The highest BCUT2D eigenvalue weighted by Crippen LogP contribution is 2.26. The van der Waals surface area contributed by atoms with Gasteiger partial charge in [0, 0.05) is 6.04 Å². The van der Waals surface area contributed by atoms with Gasteiger partial charge in [-0.3, -0.25) is 4.68 Å². The Hall–Kier alpha value is -2.02. The fourth-order valence-electron chi connectivity index (χ4n) is 1.96. The summed E-state index contributed by atoms with van der Waals surface area (Å²) in [5.41, 5.74) is 0.993. The minimum absolute atomic E-state index is 0.210. The predicted octanol–water partition coefficient (Wildman–Crippen LogP) is 2.09. The number of nitrogens with one attached hydrogen (secondary N) is 1. The second-order valence-electron chi connectivity index (χ2n) is 4.42. The second kappa shape index (κ2) is 4.93. The average molecular weight is 274 g/mol. The molecule has 1 N–H and O–H groups in total. The number of rotatable bonds is 4. The summed E-state index contributed by atoms with van der Waals surface area (Å²) in [5.74, 6) is 1.67. The van der Waals surface area contributed by atoms with Crippen LogP contribution in [0.15, 0.2) is 24.1 Å². The molecule has 0 amide bonds. The van der Waals surface area contributed by atoms with Gasteiger partial charge in [0.05, 0.1) is 16.8 Å². The number of fused-ring (bicyclic) bond motifs is 1. The number of aryl methyl sites for hydroxylation is 1. The molecule has 0 aliphatic rings. The van der Waals surface area contributed by atoms with Gasteiger partial charge in [-0.2, -0.15) is 5.10 Å². The monoisotopic (exact) mass is 274 g/mol. The largest absolute Gasteiger partial charge is 0.364 e. The third-order valence-electron chi connectivity index (χ3n) is 2.73. The first-order chi connectivity index (χ1) is 9.22. The van der Waals surface area contributed by atoms with Crippen molar-refractivity contribution in [3.05, 3.63) is 29.9 Å². The molecule has 0 saturated heterocycles. The SMILES string of the molecule is Cc1nc(N[C@H](C)Cn2cncn2)c2sccc2n1. The summed E-state index contributed by atoms with van der Waals surface area (Å²) in [4.78, 5) is 12.8. The third kappa shape index (κ3) is 2.55. The Bertz CT molecular complexity index is 675. The standard InChI is InChI=1S/C12H14N6S/c1-8(5-18-7-13-6-14-18)15-12-11-10(3-4-19-11)16-9(2)17-12/h3-4,6-8H,5H2,1-2H3,(H,15,16,17)/t8-/m1/s1. The van der Waals surface area contributed by atoms with Crippen molar-refractivity contribution in [1.29, 1.82) is 0 Å². The van der Waals surface area contributed by atoms with Gasteiger partial charge >= 0.3 is 0 Å². The fraction of sp³-hybridized carbons (Fsp3) is 0.333. The smallest absolute Gasteiger partial charge is 0.148 e. The number of hydrogen-bond donors (Lipinski definition) is 1. The van der Waals surface area contributed by atoms with E-state index in [1.807, 2.05) is 18.4 Å². The van der Waals surface area contributed by atoms with Crippen LogP contribution in [0.1, 0.15) is 12.7 Å². The first kappa shape index (κ1) is 12.0. The van der Waals surface area contributed by atoms with E-state index >= 15 is 0 Å². The van der Waals surface area contributed by atoms with Crippen molar-refractivity contribution >= 4 is 27.4 Å². The number of thiophene rings is 1. The van der Waals surface area contributed by atoms with Crippen molar-refractivity contribution in [3.8, 4) is 0 Å². The lowest BCUT2D eigenvalue weighted by atomic mass is 10.3. The van der Waals surface area contributed by atoms with Crippen LogP contribution < -0.4 is 5.32 Å². The van der Waals surface area contributed by atoms with Crippen LogP contribution in [-0.4, -0.2) is 30.8 Å². The van der Waals surface area contributed by atoms with E-state index in [2.05, 4.69) is 32.3 Å².